The lowest BCUT2D eigenvalue weighted by Gasteiger charge is -2.27. The van der Waals surface area contributed by atoms with Crippen LogP contribution in [0.4, 0.5) is 4.79 Å². The molecule has 0 bridgehead atoms. The number of phosphoric ester groups is 1. The molecular weight excluding hydrogens is 431 g/mol. The minimum atomic E-state index is -3.99. The third kappa shape index (κ3) is 8.46. The molecular formula is C21H26ClO7P. The molecule has 2 rings (SSSR count). The molecule has 30 heavy (non-hydrogen) atoms. The summed E-state index contributed by atoms with van der Waals surface area (Å²) in [4.78, 5) is 11.5. The summed E-state index contributed by atoms with van der Waals surface area (Å²) in [5, 5.41) is 0. The number of alkyl halides is 1. The number of ether oxygens (including phenoxy) is 2. The Hall–Kier alpha value is -1.89. The Morgan fingerprint density at radius 2 is 1.47 bits per heavy atom. The molecule has 0 unspecified atom stereocenters. The Balaban J connectivity index is 2.09. The zero-order valence-electron chi connectivity index (χ0n) is 16.9. The van der Waals surface area contributed by atoms with Crippen LogP contribution in [0.2, 0.25) is 0 Å². The fourth-order valence-corrected chi connectivity index (χ4v) is 4.07. The summed E-state index contributed by atoms with van der Waals surface area (Å²) >= 11 is 5.36. The van der Waals surface area contributed by atoms with Crippen molar-refractivity contribution in [2.24, 2.45) is 0 Å². The molecule has 0 aliphatic rings. The van der Waals surface area contributed by atoms with Crippen molar-refractivity contribution < 1.29 is 32.4 Å². The highest BCUT2D eigenvalue weighted by atomic mass is 35.5. The molecule has 0 aliphatic heterocycles. The second kappa shape index (κ2) is 12.7. The van der Waals surface area contributed by atoms with Crippen LogP contribution in [0.15, 0.2) is 60.7 Å². The molecule has 0 radical (unpaired) electrons. The van der Waals surface area contributed by atoms with E-state index in [2.05, 4.69) is 4.74 Å². The van der Waals surface area contributed by atoms with E-state index in [9.17, 15) is 9.36 Å². The van der Waals surface area contributed by atoms with Crippen LogP contribution in [0.1, 0.15) is 31.4 Å². The Bertz CT molecular complexity index is 756. The summed E-state index contributed by atoms with van der Waals surface area (Å²) in [6, 6.07) is 18.2. The predicted octanol–water partition coefficient (Wildman–Crippen LogP) is 6.06. The van der Waals surface area contributed by atoms with E-state index in [0.29, 0.717) is 6.42 Å². The fourth-order valence-electron chi connectivity index (χ4n) is 2.52. The Labute approximate surface area is 181 Å². The van der Waals surface area contributed by atoms with Crippen LogP contribution in [-0.2, 0) is 40.8 Å². The molecule has 2 aromatic rings. The van der Waals surface area contributed by atoms with Crippen LogP contribution >= 0.6 is 19.4 Å². The van der Waals surface area contributed by atoms with Gasteiger partial charge in [-0.05, 0) is 24.5 Å². The second-order valence-electron chi connectivity index (χ2n) is 6.34. The monoisotopic (exact) mass is 456 g/mol. The summed E-state index contributed by atoms with van der Waals surface area (Å²) in [6.45, 7) is 3.47. The summed E-state index contributed by atoms with van der Waals surface area (Å²) in [6.07, 6.45) is -2.06. The zero-order chi connectivity index (χ0) is 21.8. The molecule has 0 amide bonds. The normalized spacial score (nSPS) is 13.4. The van der Waals surface area contributed by atoms with Gasteiger partial charge in [0.2, 0.25) is 0 Å². The predicted molar refractivity (Wildman–Crippen MR) is 113 cm³/mol. The molecule has 0 spiro atoms. The largest absolute Gasteiger partial charge is 0.509 e. The highest BCUT2D eigenvalue weighted by molar-refractivity contribution is 7.48. The molecule has 7 nitrogen and oxygen atoms in total. The van der Waals surface area contributed by atoms with Gasteiger partial charge in [-0.2, -0.15) is 0 Å². The summed E-state index contributed by atoms with van der Waals surface area (Å²) in [7, 11) is -3.99. The van der Waals surface area contributed by atoms with Crippen molar-refractivity contribution in [3.8, 4) is 0 Å². The van der Waals surface area contributed by atoms with Gasteiger partial charge in [0.05, 0.1) is 13.2 Å². The van der Waals surface area contributed by atoms with Gasteiger partial charge < -0.3 is 9.47 Å². The third-order valence-electron chi connectivity index (χ3n) is 4.11. The van der Waals surface area contributed by atoms with Gasteiger partial charge in [-0.15, -0.1) is 0 Å². The van der Waals surface area contributed by atoms with Crippen LogP contribution in [0.3, 0.4) is 0 Å². The molecule has 0 N–H and O–H groups in total. The maximum Gasteiger partial charge on any atom is 0.509 e. The van der Waals surface area contributed by atoms with Gasteiger partial charge in [0.15, 0.2) is 6.07 Å². The van der Waals surface area contributed by atoms with E-state index in [0.717, 1.165) is 11.1 Å². The van der Waals surface area contributed by atoms with Crippen LogP contribution in [0, 0.1) is 0 Å². The quantitative estimate of drug-likeness (QED) is 0.218. The van der Waals surface area contributed by atoms with E-state index >= 15 is 0 Å². The first-order valence-corrected chi connectivity index (χ1v) is 11.5. The van der Waals surface area contributed by atoms with E-state index in [1.54, 1.807) is 13.8 Å². The number of hydrogen-bond acceptors (Lipinski definition) is 7. The van der Waals surface area contributed by atoms with Crippen LogP contribution < -0.4 is 0 Å². The Morgan fingerprint density at radius 3 is 1.90 bits per heavy atom. The van der Waals surface area contributed by atoms with Gasteiger partial charge in [0.25, 0.3) is 0 Å². The van der Waals surface area contributed by atoms with Crippen molar-refractivity contribution in [1.29, 1.82) is 0 Å². The highest BCUT2D eigenvalue weighted by Crippen LogP contribution is 2.52. The SMILES string of the molecule is CC[C@H](OP(=O)(OCc1ccccc1)OCc1ccccc1)[C@@H](C)OC(=O)OCCl. The molecule has 2 aromatic carbocycles. The summed E-state index contributed by atoms with van der Waals surface area (Å²) in [5.74, 6) is 0. The first kappa shape index (κ1) is 24.4. The van der Waals surface area contributed by atoms with E-state index < -0.39 is 26.2 Å². The maximum atomic E-state index is 13.4. The van der Waals surface area contributed by atoms with Gasteiger partial charge in [0.1, 0.15) is 12.2 Å². The topological polar surface area (TPSA) is 80.3 Å². The van der Waals surface area contributed by atoms with Crippen molar-refractivity contribution in [2.45, 2.75) is 45.7 Å². The molecule has 0 aromatic heterocycles. The molecule has 0 aliphatic carbocycles. The number of phosphoric acid groups is 1. The van der Waals surface area contributed by atoms with E-state index in [4.69, 9.17) is 29.9 Å². The lowest BCUT2D eigenvalue weighted by molar-refractivity contribution is -0.0282. The minimum Gasteiger partial charge on any atom is -0.428 e. The Kier molecular flexibility index (Phi) is 10.3. The van der Waals surface area contributed by atoms with Crippen LogP contribution in [-0.4, -0.2) is 24.4 Å². The van der Waals surface area contributed by atoms with E-state index in [1.165, 1.54) is 0 Å². The fraction of sp³-hybridized carbons (Fsp3) is 0.381. The maximum absolute atomic E-state index is 13.4. The van der Waals surface area contributed by atoms with Crippen molar-refractivity contribution in [3.63, 3.8) is 0 Å². The van der Waals surface area contributed by atoms with E-state index in [-0.39, 0.29) is 19.3 Å². The first-order chi connectivity index (χ1) is 14.5. The van der Waals surface area contributed by atoms with Gasteiger partial charge >= 0.3 is 14.0 Å². The van der Waals surface area contributed by atoms with Gasteiger partial charge in [0, 0.05) is 0 Å². The van der Waals surface area contributed by atoms with Gasteiger partial charge in [-0.1, -0.05) is 79.2 Å². The number of rotatable bonds is 12. The molecule has 0 saturated heterocycles. The van der Waals surface area contributed by atoms with Gasteiger partial charge in [-0.3, -0.25) is 13.6 Å². The first-order valence-electron chi connectivity index (χ1n) is 9.50. The molecule has 164 valence electrons. The molecule has 0 saturated carbocycles. The number of halogens is 1. The number of hydrogen-bond donors (Lipinski definition) is 0. The Morgan fingerprint density at radius 1 is 0.967 bits per heavy atom. The van der Waals surface area contributed by atoms with Crippen molar-refractivity contribution >= 4 is 25.6 Å². The van der Waals surface area contributed by atoms with Crippen molar-refractivity contribution in [3.05, 3.63) is 71.8 Å². The average molecular weight is 457 g/mol. The zero-order valence-corrected chi connectivity index (χ0v) is 18.6. The van der Waals surface area contributed by atoms with Crippen LogP contribution in [0.5, 0.6) is 0 Å². The third-order valence-corrected chi connectivity index (χ3v) is 5.64. The standard InChI is InChI=1S/C21H26ClO7P/c1-3-20(17(2)28-21(23)25-16-22)29-30(24,26-14-18-10-6-4-7-11-18)27-15-19-12-8-5-9-13-19/h4-13,17,20H,3,14-16H2,1-2H3/t17-,20+/m1/s1. The molecule has 0 fully saturated rings. The summed E-state index contributed by atoms with van der Waals surface area (Å²) < 4.78 is 40.0. The van der Waals surface area contributed by atoms with E-state index in [1.807, 2.05) is 60.7 Å². The lowest BCUT2D eigenvalue weighted by atomic mass is 10.2. The van der Waals surface area contributed by atoms with Gasteiger partial charge in [-0.25, -0.2) is 9.36 Å². The minimum absolute atomic E-state index is 0.0346. The number of carbonyl (C=O) groups is 1. The number of benzene rings is 2. The van der Waals surface area contributed by atoms with Crippen molar-refractivity contribution in [1.82, 2.24) is 0 Å². The average Bonchev–Trinajstić information content (AvgIpc) is 2.76. The second-order valence-corrected chi connectivity index (χ2v) is 8.18. The lowest BCUT2D eigenvalue weighted by Crippen LogP contribution is -2.30. The molecule has 2 atom stereocenters. The van der Waals surface area contributed by atoms with Crippen molar-refractivity contribution in [2.75, 3.05) is 6.07 Å². The number of carbonyl (C=O) groups excluding carboxylic acids is 1. The van der Waals surface area contributed by atoms with Crippen LogP contribution in [0.25, 0.3) is 0 Å². The molecule has 0 heterocycles. The molecule has 9 heteroatoms. The summed E-state index contributed by atoms with van der Waals surface area (Å²) in [5.41, 5.74) is 1.63. The highest BCUT2D eigenvalue weighted by Gasteiger charge is 2.34. The smallest absolute Gasteiger partial charge is 0.428 e.